The molecule has 0 spiro atoms. The molecule has 0 saturated heterocycles. The fourth-order valence-electron chi connectivity index (χ4n) is 0. The van der Waals surface area contributed by atoms with Crippen molar-refractivity contribution in [3.63, 3.8) is 0 Å². The van der Waals surface area contributed by atoms with Gasteiger partial charge in [0.05, 0.1) is 5.21 Å². The van der Waals surface area contributed by atoms with Crippen molar-refractivity contribution in [1.29, 1.82) is 0 Å². The molecule has 0 radical (unpaired) electrons. The molecule has 1 nitrogen and oxygen atoms in total. The van der Waals surface area contributed by atoms with E-state index in [1.165, 1.54) is 0 Å². The van der Waals surface area contributed by atoms with Gasteiger partial charge in [-0.1, -0.05) is 0 Å². The maximum absolute atomic E-state index is 4.86. The lowest BCUT2D eigenvalue weighted by molar-refractivity contribution is 2.13. The molecule has 0 aliphatic rings. The molecule has 3 N–H and O–H groups in total. The van der Waals surface area contributed by atoms with Crippen molar-refractivity contribution in [1.82, 2.24) is 6.15 Å². The lowest BCUT2D eigenvalue weighted by Crippen LogP contribution is -1.25. The summed E-state index contributed by atoms with van der Waals surface area (Å²) in [6.45, 7) is 0. The second kappa shape index (κ2) is 9.51. The van der Waals surface area contributed by atoms with Crippen molar-refractivity contribution in [2.75, 3.05) is 5.21 Å². The Balaban J connectivity index is 0. The molecule has 0 saturated carbocycles. The molecule has 0 atom stereocenters. The lowest BCUT2D eigenvalue weighted by atomic mass is 11.9. The summed E-state index contributed by atoms with van der Waals surface area (Å²) in [5.41, 5.74) is 0. The van der Waals surface area contributed by atoms with Gasteiger partial charge in [0.25, 0.3) is 0 Å². The van der Waals surface area contributed by atoms with Crippen LogP contribution in [0, 0.1) is 0 Å². The van der Waals surface area contributed by atoms with E-state index in [0.717, 1.165) is 0 Å². The molecule has 0 aromatic carbocycles. The Bertz CT molecular complexity index is 8.00. The first-order valence-corrected chi connectivity index (χ1v) is 1.75. The van der Waals surface area contributed by atoms with Crippen molar-refractivity contribution in [3.8, 4) is 0 Å². The highest BCUT2D eigenvalue weighted by Crippen LogP contribution is 1.71. The summed E-state index contributed by atoms with van der Waals surface area (Å²) in [6, 6.07) is 0. The Morgan fingerprint density at radius 1 is 1.75 bits per heavy atom. The van der Waals surface area contributed by atoms with Gasteiger partial charge in [-0.15, -0.1) is 11.6 Å². The van der Waals surface area contributed by atoms with Crippen LogP contribution in [-0.4, -0.2) is 5.21 Å². The molecule has 0 heterocycles. The van der Waals surface area contributed by atoms with Crippen molar-refractivity contribution >= 4 is 24.2 Å². The third kappa shape index (κ3) is 18.5. The van der Waals surface area contributed by atoms with Gasteiger partial charge in [-0.25, -0.2) is 0 Å². The van der Waals surface area contributed by atoms with Gasteiger partial charge in [0.2, 0.25) is 0 Å². The topological polar surface area (TPSA) is 35.0 Å². The number of alkyl halides is 1. The number of hydrogen-bond donors (Lipinski definition) is 2. The van der Waals surface area contributed by atoms with E-state index in [-0.39, 0.29) is 6.15 Å². The third-order valence-electron chi connectivity index (χ3n) is 0. The van der Waals surface area contributed by atoms with Crippen LogP contribution in [0.5, 0.6) is 0 Å². The van der Waals surface area contributed by atoms with E-state index >= 15 is 0 Å². The standard InChI is InChI=1S/CH3ClS.H3N/c2-1-3;/h3H,1H2;1H3. The summed E-state index contributed by atoms with van der Waals surface area (Å²) in [6.07, 6.45) is 0. The summed E-state index contributed by atoms with van der Waals surface area (Å²) in [4.78, 5) is 0. The van der Waals surface area contributed by atoms with Crippen LogP contribution >= 0.6 is 24.2 Å². The minimum atomic E-state index is 0. The van der Waals surface area contributed by atoms with Crippen LogP contribution in [-0.2, 0) is 0 Å². The second-order valence-electron chi connectivity index (χ2n) is 0.120. The highest BCUT2D eigenvalue weighted by Gasteiger charge is 1.38. The van der Waals surface area contributed by atoms with E-state index in [9.17, 15) is 0 Å². The molecule has 4 heavy (non-hydrogen) atoms. The van der Waals surface area contributed by atoms with Crippen LogP contribution in [0.1, 0.15) is 0 Å². The van der Waals surface area contributed by atoms with E-state index in [2.05, 4.69) is 12.6 Å². The van der Waals surface area contributed by atoms with Gasteiger partial charge in [-0.3, -0.25) is 0 Å². The van der Waals surface area contributed by atoms with E-state index < -0.39 is 0 Å². The number of thiol groups is 1. The van der Waals surface area contributed by atoms with E-state index in [1.807, 2.05) is 0 Å². The Labute approximate surface area is 36.3 Å². The maximum Gasteiger partial charge on any atom is 0.0650 e. The fourth-order valence-corrected chi connectivity index (χ4v) is 0. The summed E-state index contributed by atoms with van der Waals surface area (Å²) in [5.74, 6) is 0. The Hall–Kier alpha value is 0.600. The molecule has 0 unspecified atom stereocenters. The predicted molar refractivity (Wildman–Crippen MR) is 24.7 cm³/mol. The molecule has 28 valence electrons. The van der Waals surface area contributed by atoms with Crippen LogP contribution < -0.4 is 6.15 Å². The van der Waals surface area contributed by atoms with Gasteiger partial charge >= 0.3 is 0 Å². The van der Waals surface area contributed by atoms with Crippen molar-refractivity contribution in [2.45, 2.75) is 0 Å². The molecule has 0 rings (SSSR count). The first kappa shape index (κ1) is 8.82. The van der Waals surface area contributed by atoms with Gasteiger partial charge in [-0.05, 0) is 0 Å². The van der Waals surface area contributed by atoms with Gasteiger partial charge in [0.1, 0.15) is 0 Å². The van der Waals surface area contributed by atoms with Crippen LogP contribution in [0.15, 0.2) is 0 Å². The molecule has 0 aromatic rings. The Kier molecular flexibility index (Phi) is 21.0. The van der Waals surface area contributed by atoms with Gasteiger partial charge in [-0.2, -0.15) is 12.6 Å². The molecule has 0 aliphatic carbocycles. The number of halogens is 1. The van der Waals surface area contributed by atoms with Gasteiger partial charge in [0, 0.05) is 0 Å². The fraction of sp³-hybridized carbons (Fsp3) is 1.00. The average molecular weight is 99.6 g/mol. The van der Waals surface area contributed by atoms with Gasteiger partial charge in [0.15, 0.2) is 0 Å². The maximum atomic E-state index is 4.86. The smallest absolute Gasteiger partial charge is 0.0650 e. The van der Waals surface area contributed by atoms with Crippen molar-refractivity contribution < 1.29 is 0 Å². The first-order chi connectivity index (χ1) is 1.41. The molecule has 3 heteroatoms. The Morgan fingerprint density at radius 2 is 1.75 bits per heavy atom. The summed E-state index contributed by atoms with van der Waals surface area (Å²) >= 11 is 8.42. The molecule has 0 amide bonds. The van der Waals surface area contributed by atoms with Crippen molar-refractivity contribution in [2.24, 2.45) is 0 Å². The molecule has 0 fully saturated rings. The molecule has 0 aromatic heterocycles. The molecule has 0 bridgehead atoms. The Morgan fingerprint density at radius 3 is 1.75 bits per heavy atom. The summed E-state index contributed by atoms with van der Waals surface area (Å²) < 4.78 is 0. The third-order valence-corrected chi connectivity index (χ3v) is 0. The van der Waals surface area contributed by atoms with Gasteiger partial charge < -0.3 is 6.15 Å². The molecular formula is CH6ClNS. The lowest BCUT2D eigenvalue weighted by Gasteiger charge is -1.45. The van der Waals surface area contributed by atoms with Crippen molar-refractivity contribution in [3.05, 3.63) is 0 Å². The highest BCUT2D eigenvalue weighted by molar-refractivity contribution is 7.81. The normalized spacial score (nSPS) is 4.50. The van der Waals surface area contributed by atoms with Crippen LogP contribution in [0.2, 0.25) is 0 Å². The first-order valence-electron chi connectivity index (χ1n) is 0.583. The predicted octanol–water partition coefficient (Wildman–Crippen LogP) is 1.27. The zero-order chi connectivity index (χ0) is 2.71. The summed E-state index contributed by atoms with van der Waals surface area (Å²) in [5, 5.41) is 0.417. The van der Waals surface area contributed by atoms with Crippen LogP contribution in [0.25, 0.3) is 0 Å². The van der Waals surface area contributed by atoms with E-state index in [1.54, 1.807) is 0 Å². The van der Waals surface area contributed by atoms with Crippen LogP contribution in [0.3, 0.4) is 0 Å². The quantitative estimate of drug-likeness (QED) is 0.348. The second-order valence-corrected chi connectivity index (χ2v) is 1.08. The number of hydrogen-bond acceptors (Lipinski definition) is 2. The number of rotatable bonds is 0. The molecular weight excluding hydrogens is 93.5 g/mol. The van der Waals surface area contributed by atoms with Crippen LogP contribution in [0.4, 0.5) is 0 Å². The highest BCUT2D eigenvalue weighted by atomic mass is 35.5. The minimum absolute atomic E-state index is 0. The molecule has 0 aliphatic heterocycles. The SMILES string of the molecule is N.SCCl. The minimum Gasteiger partial charge on any atom is -0.344 e. The summed E-state index contributed by atoms with van der Waals surface area (Å²) in [7, 11) is 0. The monoisotopic (exact) mass is 99.0 g/mol. The van der Waals surface area contributed by atoms with E-state index in [4.69, 9.17) is 11.6 Å². The zero-order valence-corrected chi connectivity index (χ0v) is 3.89. The zero-order valence-electron chi connectivity index (χ0n) is 2.24. The average Bonchev–Trinajstić information content (AvgIpc) is 0.918. The largest absolute Gasteiger partial charge is 0.344 e. The van der Waals surface area contributed by atoms with E-state index in [0.29, 0.717) is 5.21 Å².